The lowest BCUT2D eigenvalue weighted by molar-refractivity contribution is -0.130. The summed E-state index contributed by atoms with van der Waals surface area (Å²) in [6.45, 7) is 1.96. The van der Waals surface area contributed by atoms with Crippen LogP contribution in [0, 0.1) is 6.92 Å². The van der Waals surface area contributed by atoms with Crippen molar-refractivity contribution < 1.29 is 9.59 Å². The summed E-state index contributed by atoms with van der Waals surface area (Å²) in [4.78, 5) is 22.7. The molecule has 4 heteroatoms. The van der Waals surface area contributed by atoms with Gasteiger partial charge < -0.3 is 0 Å². The number of rotatable bonds is 1. The Hall–Kier alpha value is -1.45. The van der Waals surface area contributed by atoms with E-state index in [0.29, 0.717) is 12.8 Å². The van der Waals surface area contributed by atoms with Crippen molar-refractivity contribution in [2.45, 2.75) is 32.1 Å². The topological polar surface area (TPSA) is 52.0 Å². The third-order valence-electron chi connectivity index (χ3n) is 3.06. The van der Waals surface area contributed by atoms with Gasteiger partial charge in [-0.25, -0.2) is 0 Å². The van der Waals surface area contributed by atoms with Gasteiger partial charge in [0, 0.05) is 31.5 Å². The fourth-order valence-corrected chi connectivity index (χ4v) is 2.12. The van der Waals surface area contributed by atoms with Gasteiger partial charge in [-0.15, -0.1) is 0 Å². The highest BCUT2D eigenvalue weighted by Gasteiger charge is 2.28. The Kier molecular flexibility index (Phi) is 2.42. The molecule has 0 atom stereocenters. The van der Waals surface area contributed by atoms with Crippen molar-refractivity contribution in [3.05, 3.63) is 17.5 Å². The van der Waals surface area contributed by atoms with Crippen LogP contribution >= 0.6 is 0 Å². The van der Waals surface area contributed by atoms with E-state index in [0.717, 1.165) is 11.3 Å². The predicted molar refractivity (Wildman–Crippen MR) is 54.6 cm³/mol. The molecule has 1 aliphatic carbocycles. The first-order valence-corrected chi connectivity index (χ1v) is 5.10. The molecular weight excluding hydrogens is 192 g/mol. The third kappa shape index (κ3) is 1.84. The van der Waals surface area contributed by atoms with Gasteiger partial charge >= 0.3 is 0 Å². The van der Waals surface area contributed by atoms with E-state index >= 15 is 0 Å². The molecule has 2 rings (SSSR count). The van der Waals surface area contributed by atoms with Crippen LogP contribution in [0.4, 0.5) is 0 Å². The zero-order chi connectivity index (χ0) is 11.0. The van der Waals surface area contributed by atoms with E-state index in [1.54, 1.807) is 10.9 Å². The lowest BCUT2D eigenvalue weighted by atomic mass is 9.83. The molecule has 0 saturated heterocycles. The Morgan fingerprint density at radius 2 is 1.93 bits per heavy atom. The Morgan fingerprint density at radius 3 is 2.40 bits per heavy atom. The Bertz CT molecular complexity index is 404. The van der Waals surface area contributed by atoms with Crippen molar-refractivity contribution in [2.24, 2.45) is 7.05 Å². The average Bonchev–Trinajstić information content (AvgIpc) is 2.46. The van der Waals surface area contributed by atoms with Crippen molar-refractivity contribution in [2.75, 3.05) is 0 Å². The van der Waals surface area contributed by atoms with Crippen LogP contribution in [0.1, 0.15) is 36.4 Å². The maximum atomic E-state index is 11.3. The maximum Gasteiger partial charge on any atom is 0.140 e. The quantitative estimate of drug-likeness (QED) is 0.647. The number of Topliss-reactive ketones (excluding diaryl/α,β-unsaturated/α-hetero) is 2. The lowest BCUT2D eigenvalue weighted by Crippen LogP contribution is -2.21. The molecule has 1 aliphatic rings. The van der Waals surface area contributed by atoms with E-state index in [9.17, 15) is 9.59 Å². The molecule has 15 heavy (non-hydrogen) atoms. The minimum absolute atomic E-state index is 0.0486. The Labute approximate surface area is 88.3 Å². The fraction of sp³-hybridized carbons (Fsp3) is 0.545. The molecule has 0 radical (unpaired) electrons. The van der Waals surface area contributed by atoms with E-state index < -0.39 is 0 Å². The molecule has 4 nitrogen and oxygen atoms in total. The van der Waals surface area contributed by atoms with Crippen LogP contribution in [0.3, 0.4) is 0 Å². The molecular formula is C11H14N2O2. The van der Waals surface area contributed by atoms with Gasteiger partial charge in [-0.2, -0.15) is 5.10 Å². The summed E-state index contributed by atoms with van der Waals surface area (Å²) in [5, 5.41) is 4.14. The first-order valence-electron chi connectivity index (χ1n) is 5.10. The Morgan fingerprint density at radius 1 is 1.33 bits per heavy atom. The normalized spacial score (nSPS) is 18.5. The predicted octanol–water partition coefficient (Wildman–Crippen LogP) is 1.13. The zero-order valence-corrected chi connectivity index (χ0v) is 8.99. The SMILES string of the molecule is Cc1c(C2CC(=O)CC(=O)C2)cnn1C. The molecule has 1 fully saturated rings. The molecule has 0 N–H and O–H groups in total. The van der Waals surface area contributed by atoms with Crippen LogP contribution in [0.15, 0.2) is 6.20 Å². The van der Waals surface area contributed by atoms with Gasteiger partial charge in [-0.1, -0.05) is 0 Å². The van der Waals surface area contributed by atoms with Crippen LogP contribution < -0.4 is 0 Å². The first kappa shape index (κ1) is 10.1. The largest absolute Gasteiger partial charge is 0.299 e. The number of hydrogen-bond acceptors (Lipinski definition) is 3. The second-order valence-corrected chi connectivity index (χ2v) is 4.17. The minimum atomic E-state index is 0.0486. The van der Waals surface area contributed by atoms with Crippen molar-refractivity contribution >= 4 is 11.6 Å². The van der Waals surface area contributed by atoms with Gasteiger partial charge in [0.2, 0.25) is 0 Å². The second kappa shape index (κ2) is 3.61. The highest BCUT2D eigenvalue weighted by Crippen LogP contribution is 2.30. The maximum absolute atomic E-state index is 11.3. The summed E-state index contributed by atoms with van der Waals surface area (Å²) in [5.41, 5.74) is 2.08. The first-order chi connectivity index (χ1) is 7.08. The van der Waals surface area contributed by atoms with E-state index in [2.05, 4.69) is 5.10 Å². The molecule has 0 bridgehead atoms. The van der Waals surface area contributed by atoms with E-state index in [4.69, 9.17) is 0 Å². The number of hydrogen-bond donors (Lipinski definition) is 0. The van der Waals surface area contributed by atoms with E-state index in [1.165, 1.54) is 0 Å². The van der Waals surface area contributed by atoms with E-state index in [1.807, 2.05) is 14.0 Å². The highest BCUT2D eigenvalue weighted by atomic mass is 16.1. The molecule has 0 aliphatic heterocycles. The summed E-state index contributed by atoms with van der Waals surface area (Å²) in [5.74, 6) is 0.159. The molecule has 80 valence electrons. The van der Waals surface area contributed by atoms with Gasteiger partial charge in [0.05, 0.1) is 12.6 Å². The standard InChI is InChI=1S/C11H14N2O2/c1-7-11(6-12-13(7)2)8-3-9(14)5-10(15)4-8/h6,8H,3-5H2,1-2H3. The molecule has 1 saturated carbocycles. The smallest absolute Gasteiger partial charge is 0.140 e. The number of carbonyl (C=O) groups excluding carboxylic acids is 2. The summed E-state index contributed by atoms with van der Waals surface area (Å²) in [6, 6.07) is 0. The van der Waals surface area contributed by atoms with Crippen LogP contribution in [0.5, 0.6) is 0 Å². The van der Waals surface area contributed by atoms with Crippen LogP contribution in [-0.2, 0) is 16.6 Å². The summed E-state index contributed by atoms with van der Waals surface area (Å²) < 4.78 is 1.78. The lowest BCUT2D eigenvalue weighted by Gasteiger charge is -2.19. The van der Waals surface area contributed by atoms with Gasteiger partial charge in [-0.05, 0) is 12.5 Å². The molecule has 0 unspecified atom stereocenters. The van der Waals surface area contributed by atoms with Gasteiger partial charge in [0.15, 0.2) is 0 Å². The molecule has 0 spiro atoms. The Balaban J connectivity index is 2.27. The van der Waals surface area contributed by atoms with Crippen LogP contribution in [-0.4, -0.2) is 21.3 Å². The molecule has 0 amide bonds. The van der Waals surface area contributed by atoms with Gasteiger partial charge in [0.1, 0.15) is 11.6 Å². The summed E-state index contributed by atoms with van der Waals surface area (Å²) in [7, 11) is 1.87. The molecule has 1 heterocycles. The zero-order valence-electron chi connectivity index (χ0n) is 8.99. The summed E-state index contributed by atoms with van der Waals surface area (Å²) in [6.07, 6.45) is 2.86. The van der Waals surface area contributed by atoms with Crippen molar-refractivity contribution in [1.82, 2.24) is 9.78 Å². The summed E-state index contributed by atoms with van der Waals surface area (Å²) >= 11 is 0. The highest BCUT2D eigenvalue weighted by molar-refractivity contribution is 6.02. The van der Waals surface area contributed by atoms with E-state index in [-0.39, 0.29) is 23.9 Å². The fourth-order valence-electron chi connectivity index (χ4n) is 2.12. The molecule has 1 aromatic rings. The second-order valence-electron chi connectivity index (χ2n) is 4.17. The number of carbonyl (C=O) groups is 2. The van der Waals surface area contributed by atoms with Crippen molar-refractivity contribution in [3.63, 3.8) is 0 Å². The van der Waals surface area contributed by atoms with Crippen molar-refractivity contribution in [1.29, 1.82) is 0 Å². The van der Waals surface area contributed by atoms with Gasteiger partial charge in [0.25, 0.3) is 0 Å². The number of aromatic nitrogens is 2. The minimum Gasteiger partial charge on any atom is -0.299 e. The monoisotopic (exact) mass is 206 g/mol. The number of aryl methyl sites for hydroxylation is 1. The average molecular weight is 206 g/mol. The van der Waals surface area contributed by atoms with Crippen LogP contribution in [0.25, 0.3) is 0 Å². The third-order valence-corrected chi connectivity index (χ3v) is 3.06. The molecule has 1 aromatic heterocycles. The number of nitrogens with zero attached hydrogens (tertiary/aromatic N) is 2. The van der Waals surface area contributed by atoms with Crippen LogP contribution in [0.2, 0.25) is 0 Å². The molecule has 0 aromatic carbocycles. The van der Waals surface area contributed by atoms with Crippen molar-refractivity contribution in [3.8, 4) is 0 Å². The number of ketones is 2. The van der Waals surface area contributed by atoms with Gasteiger partial charge in [-0.3, -0.25) is 14.3 Å².